The Hall–Kier alpha value is -2.30. The van der Waals surface area contributed by atoms with Crippen molar-refractivity contribution < 1.29 is 17.7 Å². The van der Waals surface area contributed by atoms with Crippen LogP contribution in [0.4, 0.5) is 11.5 Å². The highest BCUT2D eigenvalue weighted by Crippen LogP contribution is 2.36. The molecule has 3 heterocycles. The van der Waals surface area contributed by atoms with Gasteiger partial charge in [-0.2, -0.15) is 4.98 Å². The predicted octanol–water partition coefficient (Wildman–Crippen LogP) is -0.0680. The highest BCUT2D eigenvalue weighted by Gasteiger charge is 2.31. The van der Waals surface area contributed by atoms with Crippen molar-refractivity contribution in [3.05, 3.63) is 72.1 Å². The minimum absolute atomic E-state index is 0. The van der Waals surface area contributed by atoms with Gasteiger partial charge >= 0.3 is 0 Å². The Morgan fingerprint density at radius 2 is 1.83 bits per heavy atom. The molecule has 2 aromatic heterocycles. The van der Waals surface area contributed by atoms with Crippen molar-refractivity contribution >= 4 is 11.5 Å². The van der Waals surface area contributed by atoms with Crippen molar-refractivity contribution in [2.45, 2.75) is 25.9 Å². The van der Waals surface area contributed by atoms with Crippen LogP contribution in [0.3, 0.4) is 0 Å². The molecule has 1 aromatic carbocycles. The fraction of sp³-hybridized carbons (Fsp3) is 0.211. The number of anilines is 1. The Balaban J connectivity index is 0.00000169. The second-order valence-electron chi connectivity index (χ2n) is 6.51. The number of benzene rings is 1. The van der Waals surface area contributed by atoms with Gasteiger partial charge in [0.05, 0.1) is 11.2 Å². The number of nitrogens with zero attached hydrogens (tertiary/aromatic N) is 2. The number of nitrogens with two attached hydrogens (primary N) is 1. The molecule has 3 N–H and O–H groups in total. The smallest absolute Gasteiger partial charge is 0.226 e. The first-order chi connectivity index (χ1) is 11.1. The third-order valence-electron chi connectivity index (χ3n) is 4.35. The van der Waals surface area contributed by atoms with Gasteiger partial charge in [0.25, 0.3) is 0 Å². The van der Waals surface area contributed by atoms with E-state index in [0.29, 0.717) is 0 Å². The molecule has 0 saturated heterocycles. The van der Waals surface area contributed by atoms with Crippen molar-refractivity contribution in [3.63, 3.8) is 0 Å². The first-order valence-corrected chi connectivity index (χ1v) is 7.98. The van der Waals surface area contributed by atoms with Crippen LogP contribution in [0.5, 0.6) is 0 Å². The second-order valence-corrected chi connectivity index (χ2v) is 6.51. The highest BCUT2D eigenvalue weighted by atomic mass is 35.5. The lowest BCUT2D eigenvalue weighted by Crippen LogP contribution is -3.00. The van der Waals surface area contributed by atoms with Crippen molar-refractivity contribution in [2.24, 2.45) is 0 Å². The average Bonchev–Trinajstić information content (AvgIpc) is 3.05. The van der Waals surface area contributed by atoms with Crippen LogP contribution in [0.15, 0.2) is 60.8 Å². The van der Waals surface area contributed by atoms with Gasteiger partial charge in [-0.1, -0.05) is 30.3 Å². The molecule has 0 unspecified atom stereocenters. The van der Waals surface area contributed by atoms with Crippen LogP contribution in [-0.2, 0) is 12.1 Å². The van der Waals surface area contributed by atoms with Gasteiger partial charge in [0.15, 0.2) is 5.82 Å². The van der Waals surface area contributed by atoms with E-state index in [4.69, 9.17) is 4.98 Å². The van der Waals surface area contributed by atoms with Crippen molar-refractivity contribution in [2.75, 3.05) is 5.32 Å². The van der Waals surface area contributed by atoms with Gasteiger partial charge in [-0.25, -0.2) is 0 Å². The zero-order valence-electron chi connectivity index (χ0n) is 13.8. The summed E-state index contributed by atoms with van der Waals surface area (Å²) >= 11 is 0. The molecule has 0 bridgehead atoms. The Morgan fingerprint density at radius 3 is 2.62 bits per heavy atom. The SMILES string of the molecule is CC1(C)Nc2ccc([NH2+]Cc3ccccc3)nc2-n2cccc21.[Cl-]. The molecule has 0 aliphatic carbocycles. The van der Waals surface area contributed by atoms with E-state index >= 15 is 0 Å². The molecule has 4 rings (SSSR count). The molecule has 0 spiro atoms. The molecule has 124 valence electrons. The minimum atomic E-state index is -0.0898. The zero-order chi connectivity index (χ0) is 15.9. The molecule has 0 atom stereocenters. The summed E-state index contributed by atoms with van der Waals surface area (Å²) in [4.78, 5) is 4.85. The van der Waals surface area contributed by atoms with Gasteiger partial charge in [-0.3, -0.25) is 5.32 Å². The van der Waals surface area contributed by atoms with Crippen LogP contribution in [0.25, 0.3) is 5.82 Å². The van der Waals surface area contributed by atoms with Crippen molar-refractivity contribution in [1.29, 1.82) is 0 Å². The minimum Gasteiger partial charge on any atom is -1.00 e. The first-order valence-electron chi connectivity index (χ1n) is 7.98. The summed E-state index contributed by atoms with van der Waals surface area (Å²) in [7, 11) is 0. The maximum Gasteiger partial charge on any atom is 0.226 e. The number of fused-ring (bicyclic) bond motifs is 3. The number of rotatable bonds is 3. The summed E-state index contributed by atoms with van der Waals surface area (Å²) in [6.07, 6.45) is 2.09. The number of aromatic nitrogens is 2. The highest BCUT2D eigenvalue weighted by molar-refractivity contribution is 5.64. The number of nitrogens with one attached hydrogen (secondary N) is 1. The molecule has 0 saturated carbocycles. The van der Waals surface area contributed by atoms with Gasteiger partial charge in [-0.15, -0.1) is 0 Å². The van der Waals surface area contributed by atoms with E-state index in [1.807, 2.05) is 6.07 Å². The van der Waals surface area contributed by atoms with E-state index in [9.17, 15) is 0 Å². The van der Waals surface area contributed by atoms with Crippen LogP contribution in [0.2, 0.25) is 0 Å². The molecule has 4 nitrogen and oxygen atoms in total. The van der Waals surface area contributed by atoms with Gasteiger partial charge < -0.3 is 22.3 Å². The Morgan fingerprint density at radius 1 is 1.04 bits per heavy atom. The quantitative estimate of drug-likeness (QED) is 0.701. The van der Waals surface area contributed by atoms with Gasteiger partial charge in [-0.05, 0) is 32.0 Å². The first kappa shape index (κ1) is 16.6. The fourth-order valence-electron chi connectivity index (χ4n) is 3.17. The summed E-state index contributed by atoms with van der Waals surface area (Å²) in [5.41, 5.74) is 3.52. The van der Waals surface area contributed by atoms with Crippen LogP contribution < -0.4 is 23.0 Å². The molecule has 5 heteroatoms. The largest absolute Gasteiger partial charge is 1.00 e. The second kappa shape index (κ2) is 6.30. The molecule has 1 aliphatic rings. The van der Waals surface area contributed by atoms with Crippen molar-refractivity contribution in [3.8, 4) is 5.82 Å². The van der Waals surface area contributed by atoms with E-state index in [1.165, 1.54) is 11.3 Å². The Bertz CT molecular complexity index is 840. The third kappa shape index (κ3) is 2.90. The number of halogens is 1. The summed E-state index contributed by atoms with van der Waals surface area (Å²) in [6.45, 7) is 5.28. The zero-order valence-corrected chi connectivity index (χ0v) is 14.6. The molecular weight excluding hydrogens is 320 g/mol. The number of pyridine rings is 1. The van der Waals surface area contributed by atoms with Gasteiger partial charge in [0.2, 0.25) is 5.82 Å². The molecule has 1 aliphatic heterocycles. The lowest BCUT2D eigenvalue weighted by molar-refractivity contribution is -0.592. The van der Waals surface area contributed by atoms with E-state index in [-0.39, 0.29) is 17.9 Å². The van der Waals surface area contributed by atoms with Crippen LogP contribution in [0, 0.1) is 0 Å². The van der Waals surface area contributed by atoms with E-state index in [0.717, 1.165) is 23.9 Å². The van der Waals surface area contributed by atoms with Crippen molar-refractivity contribution in [1.82, 2.24) is 9.55 Å². The van der Waals surface area contributed by atoms with E-state index in [2.05, 4.69) is 83.8 Å². The lowest BCUT2D eigenvalue weighted by atomic mass is 9.98. The summed E-state index contributed by atoms with van der Waals surface area (Å²) in [6, 6.07) is 18.9. The summed E-state index contributed by atoms with van der Waals surface area (Å²) < 4.78 is 2.19. The lowest BCUT2D eigenvalue weighted by Gasteiger charge is -2.34. The molecule has 0 fully saturated rings. The topological polar surface area (TPSA) is 46.5 Å². The van der Waals surface area contributed by atoms with Gasteiger partial charge in [0, 0.05) is 23.5 Å². The fourth-order valence-corrected chi connectivity index (χ4v) is 3.17. The molecule has 0 radical (unpaired) electrons. The Labute approximate surface area is 148 Å². The number of quaternary nitrogens is 1. The summed E-state index contributed by atoms with van der Waals surface area (Å²) in [5.74, 6) is 1.99. The molecular formula is C19H21ClN4. The van der Waals surface area contributed by atoms with Gasteiger partial charge in [0.1, 0.15) is 6.54 Å². The molecule has 0 amide bonds. The third-order valence-corrected chi connectivity index (χ3v) is 4.35. The number of hydrogen-bond acceptors (Lipinski definition) is 2. The van der Waals surface area contributed by atoms with Crippen LogP contribution in [0.1, 0.15) is 25.1 Å². The molecule has 24 heavy (non-hydrogen) atoms. The van der Waals surface area contributed by atoms with Crippen LogP contribution in [-0.4, -0.2) is 9.55 Å². The molecule has 3 aromatic rings. The number of hydrogen-bond donors (Lipinski definition) is 2. The maximum atomic E-state index is 4.85. The monoisotopic (exact) mass is 340 g/mol. The maximum absolute atomic E-state index is 4.85. The standard InChI is InChI=1S/C19H20N4.ClH/c1-19(2)16-9-6-12-23(16)18-15(22-19)10-11-17(21-18)20-13-14-7-4-3-5-8-14;/h3-12,22H,13H2,1-2H3,(H,20,21);1H. The predicted molar refractivity (Wildman–Crippen MR) is 91.9 cm³/mol. The van der Waals surface area contributed by atoms with E-state index < -0.39 is 0 Å². The van der Waals surface area contributed by atoms with Crippen LogP contribution >= 0.6 is 0 Å². The Kier molecular flexibility index (Phi) is 4.35. The van der Waals surface area contributed by atoms with E-state index in [1.54, 1.807) is 0 Å². The average molecular weight is 341 g/mol. The summed E-state index contributed by atoms with van der Waals surface area (Å²) in [5, 5.41) is 5.76. The normalized spacial score (nSPS) is 14.1.